The maximum Gasteiger partial charge on any atom is 0.491 e. The number of ketones is 2. The fourth-order valence-electron chi connectivity index (χ4n) is 8.43. The average molecular weight is 1070 g/mol. The standard InChI is InChI=1S/C51H62F3N9O11S/c1-27(2)23-37(60-40(64)25-58-46(69)35(56)26-75-5)47(70)62-21-9-15-39(62)49(72)63(22-10-20-57-36-14-8-13-34-41(36)43(66)33-12-7-6-11-32(33)42(34)65)48(71)38(61-45(68)29(4)59-44(67)28(3)55)24-30-16-18-31(19-17-30)74-50(73)51(52,53)54/h6-8,11-14,16-19,27-29,35,37-39,57H,9-10,15,20-26,55-56H2,1-5H3,(H,58,69)(H,59,67)(H,60,64)(H,61,68)/t28-,29+,35+,37+,38+,39+/m1/s1. The largest absolute Gasteiger partial charge is 0.491 e. The van der Waals surface area contributed by atoms with Crippen molar-refractivity contribution in [3.05, 3.63) is 94.5 Å². The summed E-state index contributed by atoms with van der Waals surface area (Å²) in [4.78, 5) is 137. The van der Waals surface area contributed by atoms with E-state index in [1.807, 2.05) is 13.8 Å². The molecule has 0 spiro atoms. The van der Waals surface area contributed by atoms with E-state index < -0.39 is 114 Å². The molecule has 1 aliphatic carbocycles. The van der Waals surface area contributed by atoms with Crippen molar-refractivity contribution >= 4 is 76.3 Å². The summed E-state index contributed by atoms with van der Waals surface area (Å²) in [6.07, 6.45) is -3.46. The number of benzene rings is 3. The number of anilines is 1. The summed E-state index contributed by atoms with van der Waals surface area (Å²) in [6.45, 7) is 5.51. The van der Waals surface area contributed by atoms with Gasteiger partial charge in [0.2, 0.25) is 29.5 Å². The predicted octanol–water partition coefficient (Wildman–Crippen LogP) is 1.99. The molecule has 1 fully saturated rings. The normalized spacial score (nSPS) is 16.0. The van der Waals surface area contributed by atoms with E-state index in [1.54, 1.807) is 42.7 Å². The lowest BCUT2D eigenvalue weighted by molar-refractivity contribution is -0.189. The van der Waals surface area contributed by atoms with Gasteiger partial charge in [0.15, 0.2) is 11.6 Å². The topological polar surface area (TPSA) is 299 Å². The lowest BCUT2D eigenvalue weighted by Gasteiger charge is -2.34. The van der Waals surface area contributed by atoms with Crippen LogP contribution in [0.3, 0.4) is 0 Å². The number of ether oxygens (including phenoxy) is 1. The highest BCUT2D eigenvalue weighted by Crippen LogP contribution is 2.32. The number of carbonyl (C=O) groups is 10. The van der Waals surface area contributed by atoms with Gasteiger partial charge < -0.3 is 47.7 Å². The summed E-state index contributed by atoms with van der Waals surface area (Å²) < 4.78 is 43.4. The van der Waals surface area contributed by atoms with Gasteiger partial charge in [-0.05, 0) is 75.5 Å². The number of amides is 7. The maximum absolute atomic E-state index is 15.1. The van der Waals surface area contributed by atoms with Crippen LogP contribution < -0.4 is 42.8 Å². The molecule has 0 unspecified atom stereocenters. The molecular weight excluding hydrogens is 1000 g/mol. The second-order valence-corrected chi connectivity index (χ2v) is 19.5. The molecule has 7 amide bonds. The van der Waals surface area contributed by atoms with E-state index in [0.29, 0.717) is 17.9 Å². The molecule has 0 radical (unpaired) electrons. The Morgan fingerprint density at radius 1 is 0.813 bits per heavy atom. The molecule has 6 atom stereocenters. The van der Waals surface area contributed by atoms with Gasteiger partial charge in [-0.25, -0.2) is 4.79 Å². The summed E-state index contributed by atoms with van der Waals surface area (Å²) in [5.41, 5.74) is 12.8. The third-order valence-corrected chi connectivity index (χ3v) is 12.9. The highest BCUT2D eigenvalue weighted by atomic mass is 32.2. The van der Waals surface area contributed by atoms with Gasteiger partial charge in [0.25, 0.3) is 11.8 Å². The van der Waals surface area contributed by atoms with E-state index in [2.05, 4.69) is 31.3 Å². The van der Waals surface area contributed by atoms with Crippen molar-refractivity contribution in [2.75, 3.05) is 43.5 Å². The highest BCUT2D eigenvalue weighted by Gasteiger charge is 2.44. The van der Waals surface area contributed by atoms with Gasteiger partial charge in [-0.2, -0.15) is 24.9 Å². The van der Waals surface area contributed by atoms with Gasteiger partial charge in [0.05, 0.1) is 24.2 Å². The van der Waals surface area contributed by atoms with E-state index in [1.165, 1.54) is 48.7 Å². The third-order valence-electron chi connectivity index (χ3n) is 12.2. The predicted molar refractivity (Wildman–Crippen MR) is 270 cm³/mol. The first kappa shape index (κ1) is 58.7. The van der Waals surface area contributed by atoms with Crippen LogP contribution in [0.1, 0.15) is 90.8 Å². The number of halogens is 3. The van der Waals surface area contributed by atoms with Crippen LogP contribution in [0.2, 0.25) is 0 Å². The molecule has 0 bridgehead atoms. The van der Waals surface area contributed by atoms with Crippen LogP contribution >= 0.6 is 11.8 Å². The number of hydrogen-bond donors (Lipinski definition) is 7. The fourth-order valence-corrected chi connectivity index (χ4v) is 8.94. The van der Waals surface area contributed by atoms with Gasteiger partial charge in [-0.3, -0.25) is 48.1 Å². The zero-order valence-corrected chi connectivity index (χ0v) is 42.9. The van der Waals surface area contributed by atoms with Crippen LogP contribution in [0.5, 0.6) is 5.75 Å². The van der Waals surface area contributed by atoms with E-state index in [9.17, 15) is 51.5 Å². The zero-order chi connectivity index (χ0) is 55.3. The number of rotatable bonds is 23. The molecule has 1 saturated heterocycles. The quantitative estimate of drug-likeness (QED) is 0.0318. The lowest BCUT2D eigenvalue weighted by atomic mass is 9.83. The fraction of sp³-hybridized carbons (Fsp3) is 0.451. The Morgan fingerprint density at radius 3 is 2.09 bits per heavy atom. The van der Waals surface area contributed by atoms with Crippen molar-refractivity contribution in [2.24, 2.45) is 17.4 Å². The minimum absolute atomic E-state index is 0.000627. The minimum atomic E-state index is -5.30. The number of hydrogen-bond acceptors (Lipinski definition) is 15. The number of esters is 1. The first-order valence-corrected chi connectivity index (χ1v) is 25.6. The van der Waals surface area contributed by atoms with Crippen LogP contribution in [0.15, 0.2) is 66.7 Å². The summed E-state index contributed by atoms with van der Waals surface area (Å²) in [7, 11) is 0. The average Bonchev–Trinajstić information content (AvgIpc) is 3.86. The number of likely N-dealkylation sites (tertiary alicyclic amines) is 1. The van der Waals surface area contributed by atoms with Crippen molar-refractivity contribution in [1.82, 2.24) is 31.1 Å². The molecule has 404 valence electrons. The number of alkyl halides is 3. The summed E-state index contributed by atoms with van der Waals surface area (Å²) in [6, 6.07) is 8.37. The van der Waals surface area contributed by atoms with Crippen LogP contribution in [0.25, 0.3) is 0 Å². The molecule has 2 aliphatic rings. The van der Waals surface area contributed by atoms with Crippen molar-refractivity contribution in [2.45, 2.75) is 102 Å². The number of imide groups is 1. The summed E-state index contributed by atoms with van der Waals surface area (Å²) in [5, 5.41) is 13.3. The molecule has 20 nitrogen and oxygen atoms in total. The summed E-state index contributed by atoms with van der Waals surface area (Å²) in [5.74, 6) is -8.95. The Balaban J connectivity index is 1.47. The van der Waals surface area contributed by atoms with Crippen LogP contribution in [0, 0.1) is 5.92 Å². The Bertz CT molecular complexity index is 2650. The van der Waals surface area contributed by atoms with Crippen molar-refractivity contribution in [1.29, 1.82) is 0 Å². The number of thioether (sulfide) groups is 1. The highest BCUT2D eigenvalue weighted by molar-refractivity contribution is 7.98. The second-order valence-electron chi connectivity index (χ2n) is 18.6. The Labute approximate surface area is 435 Å². The van der Waals surface area contributed by atoms with Gasteiger partial charge in [-0.1, -0.05) is 62.4 Å². The number of fused-ring (bicyclic) bond motifs is 2. The van der Waals surface area contributed by atoms with E-state index in [0.717, 1.165) is 17.0 Å². The number of nitrogens with zero attached hydrogens (tertiary/aromatic N) is 2. The van der Waals surface area contributed by atoms with Crippen LogP contribution in [-0.4, -0.2) is 149 Å². The van der Waals surface area contributed by atoms with Crippen molar-refractivity contribution in [3.8, 4) is 5.75 Å². The first-order valence-electron chi connectivity index (χ1n) is 24.2. The molecule has 1 aliphatic heterocycles. The first-order chi connectivity index (χ1) is 35.4. The molecule has 75 heavy (non-hydrogen) atoms. The molecule has 24 heteroatoms. The Morgan fingerprint density at radius 2 is 1.47 bits per heavy atom. The Hall–Kier alpha value is -7.18. The monoisotopic (exact) mass is 1070 g/mol. The molecular formula is C51H62F3N9O11S. The Kier molecular flexibility index (Phi) is 20.6. The molecule has 5 rings (SSSR count). The van der Waals surface area contributed by atoms with E-state index in [4.69, 9.17) is 11.5 Å². The molecule has 0 aromatic heterocycles. The van der Waals surface area contributed by atoms with Gasteiger partial charge in [-0.15, -0.1) is 0 Å². The molecule has 9 N–H and O–H groups in total. The maximum atomic E-state index is 15.1. The van der Waals surface area contributed by atoms with Gasteiger partial charge in [0.1, 0.15) is 29.9 Å². The SMILES string of the molecule is CSC[C@H](N)C(=O)NCC(=O)N[C@@H](CC(C)C)C(=O)N1CCC[C@H]1C(=O)N(CCCNc1cccc2c1C(=O)c1ccccc1C2=O)C(=O)[C@H](Cc1ccc(OC(=O)C(F)(F)F)cc1)NC(=O)[C@H](C)NC(=O)[C@@H](C)N. The second kappa shape index (κ2) is 26.3. The number of carbonyl (C=O) groups excluding carboxylic acids is 10. The van der Waals surface area contributed by atoms with Crippen molar-refractivity contribution < 1.29 is 65.9 Å². The summed E-state index contributed by atoms with van der Waals surface area (Å²) >= 11 is 1.34. The zero-order valence-electron chi connectivity index (χ0n) is 42.0. The molecule has 3 aromatic carbocycles. The van der Waals surface area contributed by atoms with Crippen LogP contribution in [0.4, 0.5) is 18.9 Å². The number of nitrogens with two attached hydrogens (primary N) is 2. The molecule has 0 saturated carbocycles. The lowest BCUT2D eigenvalue weighted by Crippen LogP contribution is -2.59. The van der Waals surface area contributed by atoms with Crippen LogP contribution in [-0.2, 0) is 44.8 Å². The van der Waals surface area contributed by atoms with E-state index >= 15 is 9.59 Å². The third kappa shape index (κ3) is 15.4. The molecule has 3 aromatic rings. The van der Waals surface area contributed by atoms with Crippen molar-refractivity contribution in [3.63, 3.8) is 0 Å². The van der Waals surface area contributed by atoms with Gasteiger partial charge in [0, 0.05) is 54.2 Å². The van der Waals surface area contributed by atoms with Gasteiger partial charge >= 0.3 is 12.1 Å². The minimum Gasteiger partial charge on any atom is -0.420 e. The van der Waals surface area contributed by atoms with E-state index in [-0.39, 0.29) is 78.4 Å². The number of nitrogens with one attached hydrogen (secondary N) is 5. The smallest absolute Gasteiger partial charge is 0.420 e. The molecule has 1 heterocycles.